The average molecular weight is 429 g/mol. The third-order valence-electron chi connectivity index (χ3n) is 5.34. The number of nitrogens with zero attached hydrogens (tertiary/aromatic N) is 2. The van der Waals surface area contributed by atoms with Crippen molar-refractivity contribution in [1.82, 2.24) is 4.90 Å². The molecule has 2 amide bonds. The van der Waals surface area contributed by atoms with Gasteiger partial charge in [0.1, 0.15) is 11.5 Å². The van der Waals surface area contributed by atoms with Crippen molar-refractivity contribution < 1.29 is 18.7 Å². The highest BCUT2D eigenvalue weighted by Crippen LogP contribution is 2.37. The van der Waals surface area contributed by atoms with Gasteiger partial charge < -0.3 is 9.64 Å². The Morgan fingerprint density at radius 1 is 1.00 bits per heavy atom. The number of ether oxygens (including phenoxy) is 1. The topological polar surface area (TPSA) is 49.9 Å². The molecule has 1 fully saturated rings. The van der Waals surface area contributed by atoms with E-state index < -0.39 is 17.6 Å². The molecule has 0 aliphatic carbocycles. The Kier molecular flexibility index (Phi) is 5.38. The second-order valence-electron chi connectivity index (χ2n) is 7.77. The van der Waals surface area contributed by atoms with E-state index >= 15 is 0 Å². The molecule has 0 N–H and O–H groups in total. The Labute approximate surface area is 179 Å². The number of halogens is 2. The van der Waals surface area contributed by atoms with Gasteiger partial charge in [0.25, 0.3) is 11.8 Å². The highest BCUT2D eigenvalue weighted by Gasteiger charge is 2.44. The summed E-state index contributed by atoms with van der Waals surface area (Å²) < 4.78 is 19.3. The first-order valence-corrected chi connectivity index (χ1v) is 10.2. The lowest BCUT2D eigenvalue weighted by molar-refractivity contribution is -0.121. The van der Waals surface area contributed by atoms with Crippen molar-refractivity contribution in [2.75, 3.05) is 18.0 Å². The van der Waals surface area contributed by atoms with Crippen molar-refractivity contribution in [1.29, 1.82) is 0 Å². The molecular weight excluding hydrogens is 407 g/mol. The number of morpholine rings is 1. The van der Waals surface area contributed by atoms with Crippen LogP contribution in [-0.2, 0) is 14.3 Å². The van der Waals surface area contributed by atoms with Gasteiger partial charge in [0.2, 0.25) is 0 Å². The van der Waals surface area contributed by atoms with Gasteiger partial charge in [-0.3, -0.25) is 9.59 Å². The van der Waals surface area contributed by atoms with Gasteiger partial charge in [-0.1, -0.05) is 29.8 Å². The molecule has 5 nitrogen and oxygen atoms in total. The Balaban J connectivity index is 1.86. The standard InChI is InChI=1S/C23H22ClFN2O3/c1-13-4-7-17(24)10-19(13)27-22(28)20(16-5-8-18(25)9-6-16)21(23(27)29)26-11-14(2)30-15(3)12-26/h4-10,14-15H,11-12H2,1-3H3. The van der Waals surface area contributed by atoms with Crippen molar-refractivity contribution in [3.8, 4) is 0 Å². The van der Waals surface area contributed by atoms with Crippen LogP contribution in [0.15, 0.2) is 48.2 Å². The number of benzene rings is 2. The molecule has 156 valence electrons. The first kappa shape index (κ1) is 20.6. The molecule has 30 heavy (non-hydrogen) atoms. The van der Waals surface area contributed by atoms with Crippen LogP contribution in [-0.4, -0.2) is 42.0 Å². The number of hydrogen-bond donors (Lipinski definition) is 0. The maximum absolute atomic E-state index is 13.6. The van der Waals surface area contributed by atoms with Gasteiger partial charge in [-0.15, -0.1) is 0 Å². The quantitative estimate of drug-likeness (QED) is 0.688. The molecule has 0 radical (unpaired) electrons. The third kappa shape index (κ3) is 3.61. The van der Waals surface area contributed by atoms with E-state index in [2.05, 4.69) is 0 Å². The van der Waals surface area contributed by atoms with Gasteiger partial charge in [0.05, 0.1) is 23.5 Å². The molecule has 1 saturated heterocycles. The van der Waals surface area contributed by atoms with Crippen LogP contribution in [0.4, 0.5) is 10.1 Å². The zero-order valence-corrected chi connectivity index (χ0v) is 17.7. The lowest BCUT2D eigenvalue weighted by Crippen LogP contribution is -2.47. The smallest absolute Gasteiger partial charge is 0.282 e. The number of anilines is 1. The molecule has 2 heterocycles. The molecule has 0 saturated carbocycles. The number of carbonyl (C=O) groups excluding carboxylic acids is 2. The summed E-state index contributed by atoms with van der Waals surface area (Å²) in [5, 5.41) is 0.432. The predicted molar refractivity (Wildman–Crippen MR) is 114 cm³/mol. The highest BCUT2D eigenvalue weighted by molar-refractivity contribution is 6.45. The summed E-state index contributed by atoms with van der Waals surface area (Å²) in [4.78, 5) is 30.2. The molecule has 2 aromatic carbocycles. The largest absolute Gasteiger partial charge is 0.372 e. The van der Waals surface area contributed by atoms with Gasteiger partial charge in [-0.05, 0) is 56.2 Å². The van der Waals surface area contributed by atoms with E-state index in [1.165, 1.54) is 29.2 Å². The molecule has 2 aliphatic heterocycles. The monoisotopic (exact) mass is 428 g/mol. The molecule has 2 aliphatic rings. The zero-order valence-electron chi connectivity index (χ0n) is 17.0. The van der Waals surface area contributed by atoms with Gasteiger partial charge in [0.15, 0.2) is 0 Å². The van der Waals surface area contributed by atoms with E-state index in [1.54, 1.807) is 18.2 Å². The molecule has 0 spiro atoms. The Morgan fingerprint density at radius 3 is 2.27 bits per heavy atom. The average Bonchev–Trinajstić information content (AvgIpc) is 2.94. The zero-order chi connectivity index (χ0) is 21.6. The number of rotatable bonds is 3. The van der Waals surface area contributed by atoms with Gasteiger partial charge in [0, 0.05) is 18.1 Å². The van der Waals surface area contributed by atoms with E-state index in [4.69, 9.17) is 16.3 Å². The second-order valence-corrected chi connectivity index (χ2v) is 8.21. The summed E-state index contributed by atoms with van der Waals surface area (Å²) in [6.07, 6.45) is -0.193. The Bertz CT molecular complexity index is 1040. The lowest BCUT2D eigenvalue weighted by atomic mass is 10.0. The van der Waals surface area contributed by atoms with Crippen LogP contribution < -0.4 is 4.90 Å². The minimum Gasteiger partial charge on any atom is -0.372 e. The molecule has 0 aromatic heterocycles. The highest BCUT2D eigenvalue weighted by atomic mass is 35.5. The minimum atomic E-state index is -0.446. The van der Waals surface area contributed by atoms with Crippen LogP contribution >= 0.6 is 11.6 Å². The van der Waals surface area contributed by atoms with Gasteiger partial charge in [-0.2, -0.15) is 0 Å². The van der Waals surface area contributed by atoms with Crippen LogP contribution in [0, 0.1) is 12.7 Å². The first-order valence-electron chi connectivity index (χ1n) is 9.82. The number of hydrogen-bond acceptors (Lipinski definition) is 4. The molecule has 2 unspecified atom stereocenters. The minimum absolute atomic E-state index is 0.0967. The summed E-state index contributed by atoms with van der Waals surface area (Å²) in [5.74, 6) is -1.27. The van der Waals surface area contributed by atoms with E-state index in [-0.39, 0.29) is 17.8 Å². The fraction of sp³-hybridized carbons (Fsp3) is 0.304. The van der Waals surface area contributed by atoms with Crippen LogP contribution in [0.1, 0.15) is 25.0 Å². The van der Waals surface area contributed by atoms with E-state index in [0.29, 0.717) is 35.1 Å². The number of amides is 2. The van der Waals surface area contributed by atoms with Crippen molar-refractivity contribution in [2.24, 2.45) is 0 Å². The van der Waals surface area contributed by atoms with Crippen LogP contribution in [0.25, 0.3) is 5.57 Å². The van der Waals surface area contributed by atoms with Crippen LogP contribution in [0.2, 0.25) is 5.02 Å². The van der Waals surface area contributed by atoms with Crippen molar-refractivity contribution in [3.05, 3.63) is 70.1 Å². The predicted octanol–water partition coefficient (Wildman–Crippen LogP) is 4.18. The normalized spacial score (nSPS) is 22.3. The second kappa shape index (κ2) is 7.85. The molecule has 2 atom stereocenters. The fourth-order valence-electron chi connectivity index (χ4n) is 4.09. The lowest BCUT2D eigenvalue weighted by Gasteiger charge is -2.37. The maximum Gasteiger partial charge on any atom is 0.282 e. The van der Waals surface area contributed by atoms with Crippen LogP contribution in [0.3, 0.4) is 0 Å². The maximum atomic E-state index is 13.6. The van der Waals surface area contributed by atoms with Gasteiger partial charge in [-0.25, -0.2) is 9.29 Å². The van der Waals surface area contributed by atoms with Crippen LogP contribution in [0.5, 0.6) is 0 Å². The summed E-state index contributed by atoms with van der Waals surface area (Å²) >= 11 is 6.15. The van der Waals surface area contributed by atoms with Crippen molar-refractivity contribution >= 4 is 34.7 Å². The third-order valence-corrected chi connectivity index (χ3v) is 5.58. The molecule has 7 heteroatoms. The Hall–Kier alpha value is -2.70. The molecule has 4 rings (SSSR count). The number of carbonyl (C=O) groups is 2. The molecule has 0 bridgehead atoms. The van der Waals surface area contributed by atoms with Crippen molar-refractivity contribution in [3.63, 3.8) is 0 Å². The fourth-order valence-corrected chi connectivity index (χ4v) is 4.26. The van der Waals surface area contributed by atoms with E-state index in [1.807, 2.05) is 25.7 Å². The number of aryl methyl sites for hydroxylation is 1. The molecular formula is C23H22ClFN2O3. The van der Waals surface area contributed by atoms with E-state index in [0.717, 1.165) is 5.56 Å². The summed E-state index contributed by atoms with van der Waals surface area (Å²) in [5.41, 5.74) is 2.28. The summed E-state index contributed by atoms with van der Waals surface area (Å²) in [6, 6.07) is 10.7. The Morgan fingerprint density at radius 2 is 1.63 bits per heavy atom. The SMILES string of the molecule is Cc1ccc(Cl)cc1N1C(=O)C(c2ccc(F)cc2)=C(N2CC(C)OC(C)C2)C1=O. The number of imide groups is 1. The molecule has 2 aromatic rings. The first-order chi connectivity index (χ1) is 14.3. The van der Waals surface area contributed by atoms with Gasteiger partial charge >= 0.3 is 0 Å². The summed E-state index contributed by atoms with van der Waals surface area (Å²) in [7, 11) is 0. The van der Waals surface area contributed by atoms with Crippen molar-refractivity contribution in [2.45, 2.75) is 33.0 Å². The van der Waals surface area contributed by atoms with E-state index in [9.17, 15) is 14.0 Å². The summed E-state index contributed by atoms with van der Waals surface area (Å²) in [6.45, 7) is 6.64.